The number of H-pyrrole nitrogens is 1. The standard InChI is InChI=1S/C23H16ClFN10O/c24-10-1-3-17(34-9-28-32-33-34)14(5-10)15-7-19(36)35-20(12-6-13(12)23(35)30-15)22-27-8-16(29-22)11-2-4-18(26)31-21(11)25/h1-5,7-9,12-13,20H,6H2,(H2,26,31)(H,27,29)/t12-,13+,20-/m0/s1. The second kappa shape index (κ2) is 7.52. The van der Waals surface area contributed by atoms with Crippen LogP contribution in [0.5, 0.6) is 0 Å². The molecule has 0 bridgehead atoms. The van der Waals surface area contributed by atoms with Gasteiger partial charge in [0.05, 0.1) is 34.9 Å². The normalized spacial score (nSPS) is 19.8. The third-order valence-corrected chi connectivity index (χ3v) is 6.94. The van der Waals surface area contributed by atoms with Crippen molar-refractivity contribution >= 4 is 17.4 Å². The monoisotopic (exact) mass is 502 g/mol. The molecule has 0 unspecified atom stereocenters. The van der Waals surface area contributed by atoms with E-state index in [4.69, 9.17) is 22.3 Å². The van der Waals surface area contributed by atoms with E-state index in [1.54, 1.807) is 28.8 Å². The first-order valence-electron chi connectivity index (χ1n) is 11.1. The maximum atomic E-state index is 14.4. The number of nitrogens with two attached hydrogens (primary N) is 1. The van der Waals surface area contributed by atoms with Gasteiger partial charge in [-0.25, -0.2) is 15.0 Å². The molecule has 36 heavy (non-hydrogen) atoms. The molecule has 1 aromatic carbocycles. The number of pyridine rings is 1. The Morgan fingerprint density at radius 1 is 1.14 bits per heavy atom. The smallest absolute Gasteiger partial charge is 0.254 e. The average molecular weight is 503 g/mol. The van der Waals surface area contributed by atoms with Gasteiger partial charge in [-0.15, -0.1) is 5.10 Å². The molecule has 2 aliphatic rings. The van der Waals surface area contributed by atoms with E-state index in [1.165, 1.54) is 29.3 Å². The van der Waals surface area contributed by atoms with Crippen LogP contribution in [-0.4, -0.2) is 44.7 Å². The fourth-order valence-electron chi connectivity index (χ4n) is 5.02. The molecule has 5 aromatic rings. The van der Waals surface area contributed by atoms with Crippen LogP contribution in [0.3, 0.4) is 0 Å². The van der Waals surface area contributed by atoms with Crippen molar-refractivity contribution in [2.45, 2.75) is 18.4 Å². The predicted molar refractivity (Wildman–Crippen MR) is 127 cm³/mol. The van der Waals surface area contributed by atoms with Gasteiger partial charge in [-0.1, -0.05) is 11.6 Å². The molecule has 11 nitrogen and oxygen atoms in total. The minimum Gasteiger partial charge on any atom is -0.384 e. The molecular formula is C23H16ClFN10O. The first kappa shape index (κ1) is 20.9. The van der Waals surface area contributed by atoms with E-state index in [9.17, 15) is 9.18 Å². The molecule has 1 saturated carbocycles. The molecule has 3 atom stereocenters. The molecule has 5 heterocycles. The number of nitrogens with one attached hydrogen (secondary N) is 1. The zero-order valence-electron chi connectivity index (χ0n) is 18.4. The maximum absolute atomic E-state index is 14.4. The summed E-state index contributed by atoms with van der Waals surface area (Å²) in [6.45, 7) is 0. The number of aromatic nitrogens is 9. The van der Waals surface area contributed by atoms with Crippen molar-refractivity contribution in [3.8, 4) is 28.2 Å². The summed E-state index contributed by atoms with van der Waals surface area (Å²) >= 11 is 6.28. The highest BCUT2D eigenvalue weighted by atomic mass is 35.5. The number of anilines is 1. The SMILES string of the molecule is Nc1ccc(-c2cnc([C@@H]3[C@H]4C[C@H]4c4nc(-c5cc(Cl)ccc5-n5cnnn5)cc(=O)n43)[nH]2)c(F)n1. The minimum atomic E-state index is -0.690. The van der Waals surface area contributed by atoms with Crippen LogP contribution in [0.4, 0.5) is 10.2 Å². The van der Waals surface area contributed by atoms with Crippen molar-refractivity contribution < 1.29 is 4.39 Å². The van der Waals surface area contributed by atoms with Gasteiger partial charge in [-0.2, -0.15) is 9.07 Å². The Hall–Kier alpha value is -4.45. The lowest BCUT2D eigenvalue weighted by Crippen LogP contribution is -2.27. The van der Waals surface area contributed by atoms with Crippen LogP contribution < -0.4 is 11.3 Å². The molecule has 13 heteroatoms. The number of halogens is 2. The third-order valence-electron chi connectivity index (χ3n) is 6.70. The lowest BCUT2D eigenvalue weighted by Gasteiger charge is -2.17. The highest BCUT2D eigenvalue weighted by Gasteiger charge is 2.55. The fourth-order valence-corrected chi connectivity index (χ4v) is 5.20. The zero-order valence-corrected chi connectivity index (χ0v) is 19.1. The van der Waals surface area contributed by atoms with Gasteiger partial charge in [0, 0.05) is 22.6 Å². The number of nitrogen functional groups attached to an aromatic ring is 1. The van der Waals surface area contributed by atoms with Crippen molar-refractivity contribution in [2.75, 3.05) is 5.73 Å². The van der Waals surface area contributed by atoms with Crippen molar-refractivity contribution in [2.24, 2.45) is 5.92 Å². The molecule has 4 aromatic heterocycles. The number of aromatic amines is 1. The van der Waals surface area contributed by atoms with Crippen LogP contribution in [0.1, 0.15) is 30.0 Å². The van der Waals surface area contributed by atoms with Gasteiger partial charge in [0.15, 0.2) is 0 Å². The highest BCUT2D eigenvalue weighted by molar-refractivity contribution is 6.31. The van der Waals surface area contributed by atoms with E-state index in [0.29, 0.717) is 39.3 Å². The van der Waals surface area contributed by atoms with E-state index < -0.39 is 5.95 Å². The molecule has 3 N–H and O–H groups in total. The Kier molecular flexibility index (Phi) is 4.36. The summed E-state index contributed by atoms with van der Waals surface area (Å²) in [6, 6.07) is 9.47. The van der Waals surface area contributed by atoms with Crippen LogP contribution in [0.15, 0.2) is 53.7 Å². The number of benzene rings is 1. The second-order valence-corrected chi connectivity index (χ2v) is 9.27. The van der Waals surface area contributed by atoms with Gasteiger partial charge in [-0.3, -0.25) is 9.36 Å². The summed E-state index contributed by atoms with van der Waals surface area (Å²) in [4.78, 5) is 29.6. The first-order valence-corrected chi connectivity index (χ1v) is 11.5. The highest BCUT2D eigenvalue weighted by Crippen LogP contribution is 2.59. The van der Waals surface area contributed by atoms with E-state index >= 15 is 0 Å². The summed E-state index contributed by atoms with van der Waals surface area (Å²) in [5.74, 6) is 0.964. The summed E-state index contributed by atoms with van der Waals surface area (Å²) < 4.78 is 17.5. The Morgan fingerprint density at radius 3 is 2.83 bits per heavy atom. The van der Waals surface area contributed by atoms with Crippen molar-refractivity contribution in [3.63, 3.8) is 0 Å². The number of hydrogen-bond acceptors (Lipinski definition) is 8. The van der Waals surface area contributed by atoms with E-state index in [2.05, 4.69) is 30.5 Å². The third kappa shape index (κ3) is 3.14. The first-order chi connectivity index (χ1) is 17.5. The average Bonchev–Trinajstić information content (AvgIpc) is 3.20. The molecule has 0 spiro atoms. The van der Waals surface area contributed by atoms with E-state index in [1.807, 2.05) is 0 Å². The molecule has 7 rings (SSSR count). The van der Waals surface area contributed by atoms with E-state index in [0.717, 1.165) is 6.42 Å². The van der Waals surface area contributed by atoms with Gasteiger partial charge in [0.2, 0.25) is 5.95 Å². The number of rotatable bonds is 4. The van der Waals surface area contributed by atoms with Gasteiger partial charge in [-0.05, 0) is 53.1 Å². The van der Waals surface area contributed by atoms with Gasteiger partial charge in [0.1, 0.15) is 23.8 Å². The summed E-state index contributed by atoms with van der Waals surface area (Å²) in [5, 5.41) is 11.9. The molecular weight excluding hydrogens is 487 g/mol. The number of nitrogens with zero attached hydrogens (tertiary/aromatic N) is 8. The molecule has 1 fully saturated rings. The van der Waals surface area contributed by atoms with Gasteiger partial charge >= 0.3 is 0 Å². The largest absolute Gasteiger partial charge is 0.384 e. The topological polar surface area (TPSA) is 146 Å². The minimum absolute atomic E-state index is 0.0953. The molecule has 0 amide bonds. The Bertz CT molecular complexity index is 1710. The summed E-state index contributed by atoms with van der Waals surface area (Å²) in [5.41, 5.74) is 7.84. The van der Waals surface area contributed by atoms with Crippen molar-refractivity contribution in [3.05, 3.63) is 81.9 Å². The van der Waals surface area contributed by atoms with Crippen LogP contribution in [0, 0.1) is 11.9 Å². The Balaban J connectivity index is 1.31. The second-order valence-electron chi connectivity index (χ2n) is 8.83. The molecule has 1 aliphatic carbocycles. The lowest BCUT2D eigenvalue weighted by atomic mass is 10.1. The molecule has 0 saturated heterocycles. The molecule has 0 radical (unpaired) electrons. The van der Waals surface area contributed by atoms with Crippen molar-refractivity contribution in [1.29, 1.82) is 0 Å². The summed E-state index contributed by atoms with van der Waals surface area (Å²) in [6.07, 6.45) is 3.88. The van der Waals surface area contributed by atoms with Crippen LogP contribution >= 0.6 is 11.6 Å². The van der Waals surface area contributed by atoms with Crippen LogP contribution in [-0.2, 0) is 0 Å². The number of hydrogen-bond donors (Lipinski definition) is 2. The van der Waals surface area contributed by atoms with E-state index in [-0.39, 0.29) is 34.8 Å². The predicted octanol–water partition coefficient (Wildman–Crippen LogP) is 2.75. The van der Waals surface area contributed by atoms with Crippen LogP contribution in [0.25, 0.3) is 28.2 Å². The van der Waals surface area contributed by atoms with Crippen molar-refractivity contribution in [1.82, 2.24) is 44.7 Å². The van der Waals surface area contributed by atoms with Gasteiger partial charge in [0.25, 0.3) is 5.56 Å². The molecule has 1 aliphatic heterocycles. The Morgan fingerprint density at radius 2 is 2.03 bits per heavy atom. The quantitative estimate of drug-likeness (QED) is 0.357. The fraction of sp³-hybridized carbons (Fsp3) is 0.174. The Labute approximate surface area is 206 Å². The number of tetrazole rings is 1. The number of fused-ring (bicyclic) bond motifs is 3. The maximum Gasteiger partial charge on any atom is 0.254 e. The summed E-state index contributed by atoms with van der Waals surface area (Å²) in [7, 11) is 0. The lowest BCUT2D eigenvalue weighted by molar-refractivity contribution is 0.509. The van der Waals surface area contributed by atoms with Gasteiger partial charge < -0.3 is 10.7 Å². The number of imidazole rings is 1. The van der Waals surface area contributed by atoms with Crippen LogP contribution in [0.2, 0.25) is 5.02 Å². The zero-order chi connectivity index (χ0) is 24.6. The molecule has 178 valence electrons.